The van der Waals surface area contributed by atoms with E-state index in [2.05, 4.69) is 5.32 Å². The molecule has 3 nitrogen and oxygen atoms in total. The van der Waals surface area contributed by atoms with Gasteiger partial charge < -0.3 is 10.1 Å². The molecule has 1 aromatic carbocycles. The van der Waals surface area contributed by atoms with Crippen LogP contribution in [0.15, 0.2) is 18.2 Å². The van der Waals surface area contributed by atoms with Gasteiger partial charge in [0.05, 0.1) is 5.60 Å². The number of ether oxygens (including phenoxy) is 1. The minimum Gasteiger partial charge on any atom is -0.373 e. The molecule has 1 N–H and O–H groups in total. The molecule has 0 aromatic heterocycles. The maximum absolute atomic E-state index is 13.0. The number of carbonyl (C=O) groups excluding carboxylic acids is 1. The van der Waals surface area contributed by atoms with Crippen molar-refractivity contribution in [2.24, 2.45) is 0 Å². The van der Waals surface area contributed by atoms with Crippen LogP contribution in [0.4, 0.5) is 4.39 Å². The molecule has 2 rings (SSSR count). The van der Waals surface area contributed by atoms with E-state index in [1.807, 2.05) is 6.92 Å². The van der Waals surface area contributed by atoms with Gasteiger partial charge in [-0.25, -0.2) is 4.39 Å². The summed E-state index contributed by atoms with van der Waals surface area (Å²) in [7, 11) is 0. The average molecular weight is 251 g/mol. The summed E-state index contributed by atoms with van der Waals surface area (Å²) in [6.45, 7) is 4.97. The highest BCUT2D eigenvalue weighted by atomic mass is 19.1. The van der Waals surface area contributed by atoms with E-state index in [4.69, 9.17) is 4.74 Å². The molecular weight excluding hydrogens is 233 g/mol. The maximum atomic E-state index is 13.0. The Bertz CT molecular complexity index is 453. The predicted molar refractivity (Wildman–Crippen MR) is 67.1 cm³/mol. The molecule has 0 bridgehead atoms. The van der Waals surface area contributed by atoms with Gasteiger partial charge in [0.2, 0.25) is 0 Å². The van der Waals surface area contributed by atoms with Gasteiger partial charge in [-0.1, -0.05) is 0 Å². The molecule has 1 heterocycles. The molecule has 1 aliphatic rings. The monoisotopic (exact) mass is 251 g/mol. The van der Waals surface area contributed by atoms with Crippen molar-refractivity contribution in [2.75, 3.05) is 13.2 Å². The fraction of sp³-hybridized carbons (Fsp3) is 0.500. The zero-order chi connectivity index (χ0) is 13.2. The molecule has 1 aromatic rings. The van der Waals surface area contributed by atoms with Crippen molar-refractivity contribution >= 4 is 5.91 Å². The van der Waals surface area contributed by atoms with E-state index in [-0.39, 0.29) is 17.3 Å². The number of hydrogen-bond acceptors (Lipinski definition) is 2. The van der Waals surface area contributed by atoms with E-state index in [1.165, 1.54) is 18.2 Å². The Morgan fingerprint density at radius 1 is 1.56 bits per heavy atom. The fourth-order valence-electron chi connectivity index (χ4n) is 2.22. The van der Waals surface area contributed by atoms with E-state index >= 15 is 0 Å². The Hall–Kier alpha value is -1.42. The molecule has 1 fully saturated rings. The SMILES string of the molecule is Cc1cc(F)ccc1C(=O)NCC1(C)CCCO1. The molecule has 0 radical (unpaired) electrons. The van der Waals surface area contributed by atoms with Gasteiger partial charge in [0, 0.05) is 18.7 Å². The van der Waals surface area contributed by atoms with Crippen LogP contribution >= 0.6 is 0 Å². The fourth-order valence-corrected chi connectivity index (χ4v) is 2.22. The van der Waals surface area contributed by atoms with Crippen molar-refractivity contribution in [1.82, 2.24) is 5.32 Å². The summed E-state index contributed by atoms with van der Waals surface area (Å²) < 4.78 is 18.6. The number of carbonyl (C=O) groups is 1. The van der Waals surface area contributed by atoms with Crippen LogP contribution in [0.3, 0.4) is 0 Å². The quantitative estimate of drug-likeness (QED) is 0.896. The molecule has 4 heteroatoms. The zero-order valence-corrected chi connectivity index (χ0v) is 10.8. The van der Waals surface area contributed by atoms with Crippen molar-refractivity contribution in [3.63, 3.8) is 0 Å². The van der Waals surface area contributed by atoms with Gasteiger partial charge >= 0.3 is 0 Å². The normalized spacial score (nSPS) is 23.1. The number of halogens is 1. The van der Waals surface area contributed by atoms with Crippen LogP contribution in [0, 0.1) is 12.7 Å². The van der Waals surface area contributed by atoms with E-state index in [9.17, 15) is 9.18 Å². The lowest BCUT2D eigenvalue weighted by Gasteiger charge is -2.23. The number of benzene rings is 1. The third-order valence-corrected chi connectivity index (χ3v) is 3.36. The molecular formula is C14H18FNO2. The first-order valence-electron chi connectivity index (χ1n) is 6.18. The second kappa shape index (κ2) is 5.06. The van der Waals surface area contributed by atoms with Gasteiger partial charge in [-0.15, -0.1) is 0 Å². The molecule has 1 saturated heterocycles. The van der Waals surface area contributed by atoms with Crippen molar-refractivity contribution in [2.45, 2.75) is 32.3 Å². The Morgan fingerprint density at radius 3 is 2.94 bits per heavy atom. The Kier molecular flexibility index (Phi) is 3.66. The van der Waals surface area contributed by atoms with E-state index in [1.54, 1.807) is 6.92 Å². The van der Waals surface area contributed by atoms with Crippen molar-refractivity contribution in [3.05, 3.63) is 35.1 Å². The predicted octanol–water partition coefficient (Wildman–Crippen LogP) is 2.43. The summed E-state index contributed by atoms with van der Waals surface area (Å²) in [6, 6.07) is 4.18. The number of aryl methyl sites for hydroxylation is 1. The first kappa shape index (κ1) is 13.0. The lowest BCUT2D eigenvalue weighted by molar-refractivity contribution is 0.0206. The maximum Gasteiger partial charge on any atom is 0.251 e. The van der Waals surface area contributed by atoms with Crippen LogP contribution in [0.25, 0.3) is 0 Å². The molecule has 1 aliphatic heterocycles. The van der Waals surface area contributed by atoms with Gasteiger partial charge in [-0.05, 0) is 50.5 Å². The summed E-state index contributed by atoms with van der Waals surface area (Å²) in [6.07, 6.45) is 1.98. The molecule has 18 heavy (non-hydrogen) atoms. The highest BCUT2D eigenvalue weighted by Crippen LogP contribution is 2.24. The van der Waals surface area contributed by atoms with Gasteiger partial charge in [0.25, 0.3) is 5.91 Å². The molecule has 0 aliphatic carbocycles. The van der Waals surface area contributed by atoms with Gasteiger partial charge in [-0.2, -0.15) is 0 Å². The number of rotatable bonds is 3. The second-order valence-electron chi connectivity index (χ2n) is 5.04. The van der Waals surface area contributed by atoms with Crippen molar-refractivity contribution in [3.8, 4) is 0 Å². The van der Waals surface area contributed by atoms with Gasteiger partial charge in [-0.3, -0.25) is 4.79 Å². The zero-order valence-electron chi connectivity index (χ0n) is 10.8. The number of amides is 1. The average Bonchev–Trinajstić information content (AvgIpc) is 2.74. The van der Waals surface area contributed by atoms with Crippen LogP contribution < -0.4 is 5.32 Å². The molecule has 0 spiro atoms. The second-order valence-corrected chi connectivity index (χ2v) is 5.04. The smallest absolute Gasteiger partial charge is 0.251 e. The van der Waals surface area contributed by atoms with Gasteiger partial charge in [0.1, 0.15) is 5.82 Å². The first-order valence-corrected chi connectivity index (χ1v) is 6.18. The van der Waals surface area contributed by atoms with Crippen LogP contribution in [0.5, 0.6) is 0 Å². The summed E-state index contributed by atoms with van der Waals surface area (Å²) in [4.78, 5) is 12.0. The highest BCUT2D eigenvalue weighted by molar-refractivity contribution is 5.95. The Labute approximate surface area is 106 Å². The number of hydrogen-bond donors (Lipinski definition) is 1. The molecule has 1 amide bonds. The summed E-state index contributed by atoms with van der Waals surface area (Å²) in [5.41, 5.74) is 0.895. The van der Waals surface area contributed by atoms with Crippen LogP contribution in [0.1, 0.15) is 35.7 Å². The minimum absolute atomic E-state index is 0.177. The molecule has 1 atom stereocenters. The van der Waals surface area contributed by atoms with Crippen LogP contribution in [-0.2, 0) is 4.74 Å². The summed E-state index contributed by atoms with van der Waals surface area (Å²) >= 11 is 0. The van der Waals surface area contributed by atoms with E-state index in [0.29, 0.717) is 17.7 Å². The highest BCUT2D eigenvalue weighted by Gasteiger charge is 2.30. The van der Waals surface area contributed by atoms with E-state index < -0.39 is 0 Å². The first-order chi connectivity index (χ1) is 8.50. The topological polar surface area (TPSA) is 38.3 Å². The van der Waals surface area contributed by atoms with Crippen LogP contribution in [0.2, 0.25) is 0 Å². The van der Waals surface area contributed by atoms with Gasteiger partial charge in [0.15, 0.2) is 0 Å². The third kappa shape index (κ3) is 2.88. The minimum atomic E-state index is -0.324. The molecule has 98 valence electrons. The Morgan fingerprint density at radius 2 is 2.33 bits per heavy atom. The third-order valence-electron chi connectivity index (χ3n) is 3.36. The molecule has 1 unspecified atom stereocenters. The molecule has 0 saturated carbocycles. The lowest BCUT2D eigenvalue weighted by atomic mass is 10.0. The summed E-state index contributed by atoms with van der Waals surface area (Å²) in [5.74, 6) is -0.501. The van der Waals surface area contributed by atoms with Crippen molar-refractivity contribution in [1.29, 1.82) is 0 Å². The summed E-state index contributed by atoms with van der Waals surface area (Å²) in [5, 5.41) is 2.86. The lowest BCUT2D eigenvalue weighted by Crippen LogP contribution is -2.40. The van der Waals surface area contributed by atoms with Crippen LogP contribution in [-0.4, -0.2) is 24.7 Å². The van der Waals surface area contributed by atoms with E-state index in [0.717, 1.165) is 19.4 Å². The standard InChI is InChI=1S/C14H18FNO2/c1-10-8-11(15)4-5-12(10)13(17)16-9-14(2)6-3-7-18-14/h4-5,8H,3,6-7,9H2,1-2H3,(H,16,17). The Balaban J connectivity index is 1.99. The largest absolute Gasteiger partial charge is 0.373 e. The number of nitrogens with one attached hydrogen (secondary N) is 1. The van der Waals surface area contributed by atoms with Crippen molar-refractivity contribution < 1.29 is 13.9 Å².